The number of nitrogens with one attached hydrogen (secondary N) is 1. The Hall–Kier alpha value is -2.82. The van der Waals surface area contributed by atoms with E-state index in [0.29, 0.717) is 25.5 Å². The molecule has 4 heterocycles. The van der Waals surface area contributed by atoms with Gasteiger partial charge in [-0.2, -0.15) is 13.2 Å². The summed E-state index contributed by atoms with van der Waals surface area (Å²) in [5.74, 6) is 0.987. The van der Waals surface area contributed by atoms with Gasteiger partial charge in [-0.3, -0.25) is 4.79 Å². The topological polar surface area (TPSA) is 93.1 Å². The van der Waals surface area contributed by atoms with Crippen molar-refractivity contribution in [3.8, 4) is 0 Å². The van der Waals surface area contributed by atoms with Crippen molar-refractivity contribution in [2.45, 2.75) is 38.6 Å². The average molecular weight is 436 g/mol. The fraction of sp³-hybridized carbons (Fsp3) is 0.550. The molecule has 0 unspecified atom stereocenters. The summed E-state index contributed by atoms with van der Waals surface area (Å²) in [6, 6.07) is 0.980. The van der Waals surface area contributed by atoms with E-state index in [0.717, 1.165) is 24.4 Å². The molecule has 2 aromatic rings. The van der Waals surface area contributed by atoms with E-state index in [1.807, 2.05) is 11.8 Å². The van der Waals surface area contributed by atoms with E-state index in [9.17, 15) is 18.0 Å². The monoisotopic (exact) mass is 436 g/mol. The van der Waals surface area contributed by atoms with Gasteiger partial charge in [-0.1, -0.05) is 0 Å². The number of piperidine rings is 1. The Balaban J connectivity index is 1.30. The second-order valence-corrected chi connectivity index (χ2v) is 7.95. The molecule has 166 valence electrons. The van der Waals surface area contributed by atoms with Crippen molar-refractivity contribution in [1.29, 1.82) is 0 Å². The molecule has 0 bridgehead atoms. The van der Waals surface area contributed by atoms with E-state index in [-0.39, 0.29) is 42.6 Å². The number of amides is 1. The summed E-state index contributed by atoms with van der Waals surface area (Å²) in [5, 5.41) is 2.82. The Morgan fingerprint density at radius 2 is 2.03 bits per heavy atom. The minimum absolute atomic E-state index is 0.135. The highest BCUT2D eigenvalue weighted by molar-refractivity contribution is 5.76. The number of fused-ring (bicyclic) bond motifs is 1. The number of carbonyl (C=O) groups excluding carboxylic acids is 1. The zero-order valence-corrected chi connectivity index (χ0v) is 17.0. The minimum atomic E-state index is -4.51. The van der Waals surface area contributed by atoms with Crippen molar-refractivity contribution in [2.24, 2.45) is 11.8 Å². The first kappa shape index (κ1) is 21.4. The number of nitrogens with zero attached hydrogens (tertiary/aromatic N) is 5. The van der Waals surface area contributed by atoms with Gasteiger partial charge in [0.15, 0.2) is 0 Å². The maximum atomic E-state index is 12.9. The minimum Gasteiger partial charge on any atom is -0.377 e. The van der Waals surface area contributed by atoms with Gasteiger partial charge >= 0.3 is 6.18 Å². The van der Waals surface area contributed by atoms with Crippen LogP contribution in [0.5, 0.6) is 0 Å². The van der Waals surface area contributed by atoms with Gasteiger partial charge in [0, 0.05) is 37.5 Å². The van der Waals surface area contributed by atoms with Gasteiger partial charge in [0.25, 0.3) is 0 Å². The molecule has 4 rings (SSSR count). The number of aryl methyl sites for hydroxylation is 1. The molecule has 1 amide bonds. The van der Waals surface area contributed by atoms with Crippen LogP contribution in [0.1, 0.15) is 29.9 Å². The molecule has 2 aliphatic heterocycles. The molecular formula is C20H23F3N6O2. The van der Waals surface area contributed by atoms with Crippen molar-refractivity contribution in [3.63, 3.8) is 0 Å². The molecule has 3 atom stereocenters. The molecule has 2 saturated heterocycles. The van der Waals surface area contributed by atoms with Crippen LogP contribution in [0.4, 0.5) is 19.0 Å². The summed E-state index contributed by atoms with van der Waals surface area (Å²) < 4.78 is 44.7. The van der Waals surface area contributed by atoms with Gasteiger partial charge in [0.1, 0.15) is 23.7 Å². The molecule has 2 aromatic heterocycles. The lowest BCUT2D eigenvalue weighted by Crippen LogP contribution is -2.42. The van der Waals surface area contributed by atoms with Crippen molar-refractivity contribution in [1.82, 2.24) is 25.3 Å². The molecule has 0 aliphatic carbocycles. The van der Waals surface area contributed by atoms with Crippen molar-refractivity contribution in [2.75, 3.05) is 24.6 Å². The highest BCUT2D eigenvalue weighted by Gasteiger charge is 2.42. The van der Waals surface area contributed by atoms with E-state index in [2.05, 4.69) is 25.3 Å². The first-order valence-electron chi connectivity index (χ1n) is 10.1. The van der Waals surface area contributed by atoms with Gasteiger partial charge in [-0.15, -0.1) is 0 Å². The van der Waals surface area contributed by atoms with E-state index in [1.54, 1.807) is 12.4 Å². The molecule has 0 aromatic carbocycles. The smallest absolute Gasteiger partial charge is 0.377 e. The second-order valence-electron chi connectivity index (χ2n) is 7.95. The molecule has 2 aliphatic rings. The van der Waals surface area contributed by atoms with E-state index < -0.39 is 11.9 Å². The lowest BCUT2D eigenvalue weighted by Gasteiger charge is -2.36. The standard InChI is InChI=1S/C20H23F3N6O2/c1-12-6-24-17(25-7-12)8-26-19(30)4-15-14-2-3-29(9-13(14)10-31-15)18-5-16(20(21,22)23)27-11-28-18/h5-7,11,13-15H,2-4,8-10H2,1H3,(H,26,30)/t13-,14-,15+/m1/s1. The summed E-state index contributed by atoms with van der Waals surface area (Å²) in [6.07, 6.45) is 0.579. The summed E-state index contributed by atoms with van der Waals surface area (Å²) >= 11 is 0. The normalized spacial score (nSPS) is 23.5. The molecule has 0 saturated carbocycles. The van der Waals surface area contributed by atoms with Crippen molar-refractivity contribution in [3.05, 3.63) is 41.9 Å². The van der Waals surface area contributed by atoms with Crippen molar-refractivity contribution < 1.29 is 22.7 Å². The molecule has 0 radical (unpaired) electrons. The fourth-order valence-electron chi connectivity index (χ4n) is 4.12. The predicted octanol–water partition coefficient (Wildman–Crippen LogP) is 2.14. The number of hydrogen-bond acceptors (Lipinski definition) is 7. The Kier molecular flexibility index (Phi) is 6.03. The number of ether oxygens (including phenoxy) is 1. The van der Waals surface area contributed by atoms with E-state index >= 15 is 0 Å². The average Bonchev–Trinajstić information content (AvgIpc) is 3.15. The van der Waals surface area contributed by atoms with Crippen LogP contribution >= 0.6 is 0 Å². The molecule has 8 nitrogen and oxygen atoms in total. The van der Waals surface area contributed by atoms with Gasteiger partial charge < -0.3 is 15.0 Å². The summed E-state index contributed by atoms with van der Waals surface area (Å²) in [4.78, 5) is 29.8. The number of alkyl halides is 3. The van der Waals surface area contributed by atoms with Gasteiger partial charge in [-0.05, 0) is 24.8 Å². The molecule has 11 heteroatoms. The number of anilines is 1. The van der Waals surface area contributed by atoms with Crippen LogP contribution in [0.25, 0.3) is 0 Å². The number of hydrogen-bond donors (Lipinski definition) is 1. The Labute approximate surface area is 177 Å². The highest BCUT2D eigenvalue weighted by Crippen LogP contribution is 2.37. The maximum Gasteiger partial charge on any atom is 0.433 e. The third kappa shape index (κ3) is 5.09. The highest BCUT2D eigenvalue weighted by atomic mass is 19.4. The first-order chi connectivity index (χ1) is 14.8. The number of carbonyl (C=O) groups is 1. The predicted molar refractivity (Wildman–Crippen MR) is 104 cm³/mol. The summed E-state index contributed by atoms with van der Waals surface area (Å²) in [5.41, 5.74) is -0.00203. The summed E-state index contributed by atoms with van der Waals surface area (Å²) in [6.45, 7) is 3.70. The molecule has 1 N–H and O–H groups in total. The zero-order valence-electron chi connectivity index (χ0n) is 17.0. The Bertz CT molecular complexity index is 924. The fourth-order valence-corrected chi connectivity index (χ4v) is 4.12. The van der Waals surface area contributed by atoms with Crippen LogP contribution < -0.4 is 10.2 Å². The lowest BCUT2D eigenvalue weighted by molar-refractivity contribution is -0.141. The van der Waals surface area contributed by atoms with E-state index in [4.69, 9.17) is 4.74 Å². The largest absolute Gasteiger partial charge is 0.433 e. The maximum absolute atomic E-state index is 12.9. The quantitative estimate of drug-likeness (QED) is 0.768. The van der Waals surface area contributed by atoms with E-state index in [1.165, 1.54) is 0 Å². The van der Waals surface area contributed by atoms with Crippen LogP contribution in [0.2, 0.25) is 0 Å². The number of aromatic nitrogens is 4. The zero-order chi connectivity index (χ0) is 22.0. The van der Waals surface area contributed by atoms with Gasteiger partial charge in [0.2, 0.25) is 5.91 Å². The van der Waals surface area contributed by atoms with Crippen LogP contribution in [0.15, 0.2) is 24.8 Å². The van der Waals surface area contributed by atoms with Gasteiger partial charge in [-0.25, -0.2) is 19.9 Å². The van der Waals surface area contributed by atoms with Crippen LogP contribution in [-0.4, -0.2) is 51.6 Å². The SMILES string of the molecule is Cc1cnc(CNC(=O)C[C@@H]2OC[C@H]3CN(c4cc(C(F)(F)F)ncn4)CC[C@H]32)nc1. The molecule has 0 spiro atoms. The Morgan fingerprint density at radius 1 is 1.26 bits per heavy atom. The number of rotatable bonds is 5. The molecule has 2 fully saturated rings. The molecular weight excluding hydrogens is 413 g/mol. The van der Waals surface area contributed by atoms with Crippen molar-refractivity contribution >= 4 is 11.7 Å². The van der Waals surface area contributed by atoms with Gasteiger partial charge in [0.05, 0.1) is 25.7 Å². The third-order valence-electron chi connectivity index (χ3n) is 5.73. The molecule has 31 heavy (non-hydrogen) atoms. The lowest BCUT2D eigenvalue weighted by atomic mass is 9.83. The Morgan fingerprint density at radius 3 is 2.77 bits per heavy atom. The number of halogens is 3. The van der Waals surface area contributed by atoms with Crippen LogP contribution in [0, 0.1) is 18.8 Å². The van der Waals surface area contributed by atoms with Crippen LogP contribution in [-0.2, 0) is 22.3 Å². The van der Waals surface area contributed by atoms with Crippen LogP contribution in [0.3, 0.4) is 0 Å². The second kappa shape index (κ2) is 8.74. The first-order valence-corrected chi connectivity index (χ1v) is 10.1. The summed E-state index contributed by atoms with van der Waals surface area (Å²) in [7, 11) is 0. The third-order valence-corrected chi connectivity index (χ3v) is 5.73.